The van der Waals surface area contributed by atoms with E-state index in [1.54, 1.807) is 12.4 Å². The summed E-state index contributed by atoms with van der Waals surface area (Å²) in [6.45, 7) is 3.79. The molecule has 0 atom stereocenters. The molecule has 4 rings (SSSR count). The summed E-state index contributed by atoms with van der Waals surface area (Å²) in [7, 11) is 0. The maximum atomic E-state index is 6.26. The van der Waals surface area contributed by atoms with Crippen LogP contribution in [-0.4, -0.2) is 44.0 Å². The lowest BCUT2D eigenvalue weighted by Gasteiger charge is -2.37. The third-order valence-electron chi connectivity index (χ3n) is 4.60. The van der Waals surface area contributed by atoms with Crippen LogP contribution in [-0.2, 0) is 0 Å². The van der Waals surface area contributed by atoms with E-state index in [0.29, 0.717) is 10.8 Å². The van der Waals surface area contributed by atoms with Crippen molar-refractivity contribution in [1.29, 1.82) is 0 Å². The Kier molecular flexibility index (Phi) is 4.37. The molecule has 0 aliphatic carbocycles. The van der Waals surface area contributed by atoms with Gasteiger partial charge < -0.3 is 16.4 Å². The van der Waals surface area contributed by atoms with Crippen LogP contribution in [0.15, 0.2) is 28.3 Å². The van der Waals surface area contributed by atoms with Crippen LogP contribution >= 0.6 is 23.4 Å². The first-order chi connectivity index (χ1) is 12.4. The molecule has 1 aliphatic rings. The number of piperidine rings is 1. The Morgan fingerprint density at radius 1 is 1.19 bits per heavy atom. The second-order valence-electron chi connectivity index (χ2n) is 6.72. The maximum Gasteiger partial charge on any atom is 0.158 e. The number of halogens is 1. The molecule has 26 heavy (non-hydrogen) atoms. The van der Waals surface area contributed by atoms with Crippen molar-refractivity contribution in [3.63, 3.8) is 0 Å². The first-order valence-electron chi connectivity index (χ1n) is 8.26. The minimum absolute atomic E-state index is 0.118. The Bertz CT molecular complexity index is 947. The normalized spacial score (nSPS) is 17.0. The number of nitrogens with one attached hydrogen (secondary N) is 1. The van der Waals surface area contributed by atoms with Crippen molar-refractivity contribution in [2.75, 3.05) is 23.7 Å². The highest BCUT2D eigenvalue weighted by molar-refractivity contribution is 7.99. The van der Waals surface area contributed by atoms with Crippen LogP contribution in [0.4, 0.5) is 11.6 Å². The molecule has 1 fully saturated rings. The number of nitrogens with zero attached hydrogens (tertiary/aromatic N) is 5. The van der Waals surface area contributed by atoms with Crippen LogP contribution in [0, 0.1) is 0 Å². The SMILES string of the molecule is CC1(N)CCN(c2ncc(Sc3ccnc(N)c3Cl)c3n[nH]nc23)CC1. The smallest absolute Gasteiger partial charge is 0.158 e. The number of nitrogen functional groups attached to an aromatic ring is 1. The van der Waals surface area contributed by atoms with E-state index in [1.807, 2.05) is 6.07 Å². The Labute approximate surface area is 159 Å². The topological polar surface area (TPSA) is 123 Å². The van der Waals surface area contributed by atoms with E-state index in [0.717, 1.165) is 52.6 Å². The van der Waals surface area contributed by atoms with Gasteiger partial charge in [-0.1, -0.05) is 23.4 Å². The predicted octanol–water partition coefficient (Wildman–Crippen LogP) is 2.45. The molecule has 4 heterocycles. The van der Waals surface area contributed by atoms with Crippen LogP contribution in [0.25, 0.3) is 11.0 Å². The molecular formula is C16H19ClN8S. The number of nitrogens with two attached hydrogens (primary N) is 2. The second kappa shape index (κ2) is 6.57. The van der Waals surface area contributed by atoms with Crippen LogP contribution in [0.3, 0.4) is 0 Å². The quantitative estimate of drug-likeness (QED) is 0.623. The lowest BCUT2D eigenvalue weighted by atomic mass is 9.91. The predicted molar refractivity (Wildman–Crippen MR) is 104 cm³/mol. The fraction of sp³-hybridized carbons (Fsp3) is 0.375. The number of aromatic amines is 1. The molecule has 0 saturated carbocycles. The van der Waals surface area contributed by atoms with Gasteiger partial charge in [-0.25, -0.2) is 9.97 Å². The Morgan fingerprint density at radius 2 is 1.92 bits per heavy atom. The minimum Gasteiger partial charge on any atom is -0.382 e. The van der Waals surface area contributed by atoms with Gasteiger partial charge in [0.05, 0.1) is 9.92 Å². The van der Waals surface area contributed by atoms with Gasteiger partial charge in [-0.2, -0.15) is 15.4 Å². The highest BCUT2D eigenvalue weighted by atomic mass is 35.5. The maximum absolute atomic E-state index is 6.26. The Hall–Kier alpha value is -2.10. The molecule has 3 aromatic rings. The molecule has 0 bridgehead atoms. The number of hydrogen-bond acceptors (Lipinski definition) is 8. The van der Waals surface area contributed by atoms with Gasteiger partial charge in [-0.05, 0) is 25.8 Å². The first kappa shape index (κ1) is 17.3. The van der Waals surface area contributed by atoms with E-state index in [4.69, 9.17) is 23.1 Å². The summed E-state index contributed by atoms with van der Waals surface area (Å²) in [6.07, 6.45) is 5.25. The van der Waals surface area contributed by atoms with Crippen molar-refractivity contribution in [3.05, 3.63) is 23.5 Å². The molecule has 0 spiro atoms. The highest BCUT2D eigenvalue weighted by Crippen LogP contribution is 2.39. The summed E-state index contributed by atoms with van der Waals surface area (Å²) in [5.74, 6) is 1.13. The van der Waals surface area contributed by atoms with E-state index in [2.05, 4.69) is 37.2 Å². The molecule has 5 N–H and O–H groups in total. The van der Waals surface area contributed by atoms with Crippen molar-refractivity contribution in [3.8, 4) is 0 Å². The van der Waals surface area contributed by atoms with Gasteiger partial charge in [-0.3, -0.25) is 0 Å². The van der Waals surface area contributed by atoms with Gasteiger partial charge in [0.2, 0.25) is 0 Å². The highest BCUT2D eigenvalue weighted by Gasteiger charge is 2.28. The summed E-state index contributed by atoms with van der Waals surface area (Å²) in [6, 6.07) is 1.82. The van der Waals surface area contributed by atoms with Gasteiger partial charge in [0.15, 0.2) is 11.3 Å². The van der Waals surface area contributed by atoms with Gasteiger partial charge in [0, 0.05) is 35.9 Å². The first-order valence-corrected chi connectivity index (χ1v) is 9.45. The molecule has 0 amide bonds. The average molecular weight is 391 g/mol. The molecule has 3 aromatic heterocycles. The lowest BCUT2D eigenvalue weighted by Crippen LogP contribution is -2.48. The fourth-order valence-corrected chi connectivity index (χ4v) is 4.11. The van der Waals surface area contributed by atoms with Crippen molar-refractivity contribution < 1.29 is 0 Å². The van der Waals surface area contributed by atoms with Crippen LogP contribution in [0.2, 0.25) is 5.02 Å². The molecule has 0 radical (unpaired) electrons. The summed E-state index contributed by atoms with van der Waals surface area (Å²) in [5.41, 5.74) is 13.4. The molecule has 136 valence electrons. The minimum atomic E-state index is -0.118. The van der Waals surface area contributed by atoms with Gasteiger partial charge in [0.1, 0.15) is 11.3 Å². The third-order valence-corrected chi connectivity index (χ3v) is 6.19. The third kappa shape index (κ3) is 3.17. The lowest BCUT2D eigenvalue weighted by molar-refractivity contribution is 0.363. The van der Waals surface area contributed by atoms with Crippen molar-refractivity contribution in [2.24, 2.45) is 5.73 Å². The average Bonchev–Trinajstić information content (AvgIpc) is 3.10. The molecule has 0 aromatic carbocycles. The summed E-state index contributed by atoms with van der Waals surface area (Å²) < 4.78 is 0. The van der Waals surface area contributed by atoms with E-state index < -0.39 is 0 Å². The molecule has 10 heteroatoms. The number of hydrogen-bond donors (Lipinski definition) is 3. The van der Waals surface area contributed by atoms with Crippen molar-refractivity contribution in [2.45, 2.75) is 35.1 Å². The van der Waals surface area contributed by atoms with Gasteiger partial charge in [-0.15, -0.1) is 0 Å². The second-order valence-corrected chi connectivity index (χ2v) is 8.18. The monoisotopic (exact) mass is 390 g/mol. The molecule has 0 unspecified atom stereocenters. The van der Waals surface area contributed by atoms with Crippen molar-refractivity contribution >= 4 is 46.0 Å². The number of aromatic nitrogens is 5. The molecule has 1 saturated heterocycles. The van der Waals surface area contributed by atoms with Crippen molar-refractivity contribution in [1.82, 2.24) is 25.4 Å². The number of rotatable bonds is 3. The standard InChI is InChI=1S/C16H19ClN8S/c1-16(19)3-6-25(7-4-16)15-13-12(22-24-23-13)10(8-21-15)26-9-2-5-20-14(18)11(9)17/h2,5,8H,3-4,6-7,19H2,1H3,(H2,18,20)(H,22,23,24). The van der Waals surface area contributed by atoms with E-state index in [-0.39, 0.29) is 5.54 Å². The number of fused-ring (bicyclic) bond motifs is 1. The number of H-pyrrole nitrogens is 1. The Morgan fingerprint density at radius 3 is 2.69 bits per heavy atom. The summed E-state index contributed by atoms with van der Waals surface area (Å²) in [5, 5.41) is 11.8. The zero-order valence-electron chi connectivity index (χ0n) is 14.2. The summed E-state index contributed by atoms with van der Waals surface area (Å²) in [4.78, 5) is 12.5. The van der Waals surface area contributed by atoms with Gasteiger partial charge in [0.25, 0.3) is 0 Å². The summed E-state index contributed by atoms with van der Waals surface area (Å²) >= 11 is 7.70. The number of anilines is 2. The largest absolute Gasteiger partial charge is 0.382 e. The van der Waals surface area contributed by atoms with Crippen LogP contribution in [0.1, 0.15) is 19.8 Å². The molecule has 1 aliphatic heterocycles. The fourth-order valence-electron chi connectivity index (χ4n) is 2.97. The zero-order valence-corrected chi connectivity index (χ0v) is 15.8. The van der Waals surface area contributed by atoms with E-state index in [9.17, 15) is 0 Å². The van der Waals surface area contributed by atoms with E-state index in [1.165, 1.54) is 11.8 Å². The zero-order chi connectivity index (χ0) is 18.3. The van der Waals surface area contributed by atoms with Gasteiger partial charge >= 0.3 is 0 Å². The molecular weight excluding hydrogens is 372 g/mol. The number of pyridine rings is 2. The van der Waals surface area contributed by atoms with Crippen LogP contribution in [0.5, 0.6) is 0 Å². The Balaban J connectivity index is 1.67. The van der Waals surface area contributed by atoms with Crippen LogP contribution < -0.4 is 16.4 Å². The molecule has 8 nitrogen and oxygen atoms in total. The van der Waals surface area contributed by atoms with E-state index >= 15 is 0 Å².